The van der Waals surface area contributed by atoms with E-state index in [-0.39, 0.29) is 11.7 Å². The van der Waals surface area contributed by atoms with E-state index in [4.69, 9.17) is 0 Å². The Bertz CT molecular complexity index is 529. The number of carbonyl (C=O) groups is 2. The van der Waals surface area contributed by atoms with E-state index in [1.54, 1.807) is 11.1 Å². The van der Waals surface area contributed by atoms with Gasteiger partial charge in [-0.15, -0.1) is 0 Å². The predicted molar refractivity (Wildman–Crippen MR) is 83.8 cm³/mol. The largest absolute Gasteiger partial charge is 0.383 e. The van der Waals surface area contributed by atoms with E-state index in [9.17, 15) is 9.59 Å². The van der Waals surface area contributed by atoms with E-state index in [1.165, 1.54) is 6.08 Å². The number of ketones is 1. The molecule has 1 aliphatic rings. The molecule has 0 atom stereocenters. The summed E-state index contributed by atoms with van der Waals surface area (Å²) in [5, 5.41) is 2.89. The first-order valence-electron chi connectivity index (χ1n) is 7.30. The number of nitrogens with zero attached hydrogens (tertiary/aromatic N) is 1. The van der Waals surface area contributed by atoms with Crippen molar-refractivity contribution in [3.8, 4) is 0 Å². The summed E-state index contributed by atoms with van der Waals surface area (Å²) in [6, 6.07) is 9.29. The number of benzene rings is 1. The quantitative estimate of drug-likeness (QED) is 0.669. The molecule has 1 fully saturated rings. The van der Waals surface area contributed by atoms with Crippen molar-refractivity contribution in [2.75, 3.05) is 19.4 Å². The van der Waals surface area contributed by atoms with E-state index >= 15 is 0 Å². The molecule has 2 rings (SSSR count). The smallest absolute Gasteiger partial charge is 0.238 e. The maximum atomic E-state index is 12.6. The van der Waals surface area contributed by atoms with Gasteiger partial charge < -0.3 is 10.2 Å². The van der Waals surface area contributed by atoms with E-state index in [2.05, 4.69) is 5.32 Å². The van der Waals surface area contributed by atoms with Gasteiger partial charge in [-0.2, -0.15) is 0 Å². The van der Waals surface area contributed by atoms with Crippen LogP contribution in [0.2, 0.25) is 0 Å². The lowest BCUT2D eigenvalue weighted by molar-refractivity contribution is -0.135. The van der Waals surface area contributed by atoms with E-state index in [0.717, 1.165) is 18.5 Å². The molecule has 0 spiro atoms. The Morgan fingerprint density at radius 1 is 1.14 bits per heavy atom. The summed E-state index contributed by atoms with van der Waals surface area (Å²) in [6.45, 7) is 0. The molecule has 0 unspecified atom stereocenters. The molecule has 0 aliphatic heterocycles. The Kier molecular flexibility index (Phi) is 4.78. The maximum absolute atomic E-state index is 12.6. The number of amides is 1. The Morgan fingerprint density at radius 3 is 2.33 bits per heavy atom. The highest BCUT2D eigenvalue weighted by Gasteiger charge is 2.46. The second-order valence-electron chi connectivity index (χ2n) is 5.75. The van der Waals surface area contributed by atoms with Gasteiger partial charge in [-0.1, -0.05) is 31.0 Å². The number of hydrogen-bond acceptors (Lipinski definition) is 3. The van der Waals surface area contributed by atoms with Crippen LogP contribution in [0.15, 0.2) is 42.6 Å². The topological polar surface area (TPSA) is 49.4 Å². The molecule has 1 saturated carbocycles. The highest BCUT2D eigenvalue weighted by atomic mass is 16.2. The Labute approximate surface area is 125 Å². The Hall–Kier alpha value is -2.10. The average molecular weight is 286 g/mol. The summed E-state index contributed by atoms with van der Waals surface area (Å²) in [5.41, 5.74) is -0.166. The number of para-hydroxylation sites is 1. The number of nitrogens with one attached hydrogen (secondary N) is 1. The highest BCUT2D eigenvalue weighted by Crippen LogP contribution is 2.40. The number of allylic oxidation sites excluding steroid dienone is 1. The van der Waals surface area contributed by atoms with E-state index in [0.29, 0.717) is 12.8 Å². The second kappa shape index (κ2) is 6.57. The molecule has 4 nitrogen and oxygen atoms in total. The first-order valence-corrected chi connectivity index (χ1v) is 7.30. The first kappa shape index (κ1) is 15.3. The molecule has 0 heterocycles. The van der Waals surface area contributed by atoms with Crippen LogP contribution in [0.5, 0.6) is 0 Å². The molecule has 21 heavy (non-hydrogen) atoms. The molecule has 1 aliphatic carbocycles. The molecule has 0 radical (unpaired) electrons. The molecule has 0 saturated heterocycles. The van der Waals surface area contributed by atoms with Crippen LogP contribution in [-0.2, 0) is 9.59 Å². The van der Waals surface area contributed by atoms with Crippen molar-refractivity contribution in [2.45, 2.75) is 25.7 Å². The fraction of sp³-hybridized carbons (Fsp3) is 0.412. The van der Waals surface area contributed by atoms with Crippen molar-refractivity contribution in [2.24, 2.45) is 5.41 Å². The lowest BCUT2D eigenvalue weighted by atomic mass is 9.80. The molecule has 0 bridgehead atoms. The summed E-state index contributed by atoms with van der Waals surface area (Å²) in [6.07, 6.45) is 6.33. The minimum Gasteiger partial charge on any atom is -0.383 e. The fourth-order valence-electron chi connectivity index (χ4n) is 2.71. The molecule has 1 amide bonds. The summed E-state index contributed by atoms with van der Waals surface area (Å²) < 4.78 is 0. The van der Waals surface area contributed by atoms with Crippen LogP contribution in [-0.4, -0.2) is 30.7 Å². The van der Waals surface area contributed by atoms with Crippen molar-refractivity contribution in [3.05, 3.63) is 42.6 Å². The van der Waals surface area contributed by atoms with Gasteiger partial charge in [0.15, 0.2) is 5.78 Å². The van der Waals surface area contributed by atoms with Crippen LogP contribution in [0.3, 0.4) is 0 Å². The van der Waals surface area contributed by atoms with E-state index in [1.807, 2.05) is 44.4 Å². The normalized spacial score (nSPS) is 16.9. The van der Waals surface area contributed by atoms with Crippen molar-refractivity contribution in [1.29, 1.82) is 0 Å². The van der Waals surface area contributed by atoms with Gasteiger partial charge in [0, 0.05) is 26.0 Å². The number of hydrogen-bond donors (Lipinski definition) is 1. The van der Waals surface area contributed by atoms with Gasteiger partial charge in [-0.3, -0.25) is 9.59 Å². The van der Waals surface area contributed by atoms with Crippen LogP contribution in [0.4, 0.5) is 5.69 Å². The molecule has 1 aromatic rings. The van der Waals surface area contributed by atoms with Gasteiger partial charge in [0.05, 0.1) is 0 Å². The lowest BCUT2D eigenvalue weighted by Crippen LogP contribution is -2.40. The van der Waals surface area contributed by atoms with Crippen LogP contribution in [0.1, 0.15) is 25.7 Å². The summed E-state index contributed by atoms with van der Waals surface area (Å²) in [4.78, 5) is 27.0. The van der Waals surface area contributed by atoms with Gasteiger partial charge in [-0.05, 0) is 31.1 Å². The molecular formula is C17H22N2O2. The van der Waals surface area contributed by atoms with Gasteiger partial charge >= 0.3 is 0 Å². The van der Waals surface area contributed by atoms with E-state index < -0.39 is 5.41 Å². The third-order valence-corrected chi connectivity index (χ3v) is 3.92. The molecule has 4 heteroatoms. The zero-order valence-corrected chi connectivity index (χ0v) is 12.6. The molecule has 0 aromatic heterocycles. The summed E-state index contributed by atoms with van der Waals surface area (Å²) in [5.74, 6) is -0.276. The first-order chi connectivity index (χ1) is 10.0. The SMILES string of the molecule is CN(C)/C=C/C(=O)C1(C(=O)Nc2ccccc2)CCCC1. The highest BCUT2D eigenvalue weighted by molar-refractivity contribution is 6.15. The molecular weight excluding hydrogens is 264 g/mol. The minimum absolute atomic E-state index is 0.0952. The van der Waals surface area contributed by atoms with Gasteiger partial charge in [0.25, 0.3) is 0 Å². The molecule has 1 N–H and O–H groups in total. The summed E-state index contributed by atoms with van der Waals surface area (Å²) in [7, 11) is 3.71. The number of anilines is 1. The Balaban J connectivity index is 2.17. The maximum Gasteiger partial charge on any atom is 0.238 e. The fourth-order valence-corrected chi connectivity index (χ4v) is 2.71. The zero-order chi connectivity index (χ0) is 15.3. The third kappa shape index (κ3) is 3.51. The number of carbonyl (C=O) groups excluding carboxylic acids is 2. The predicted octanol–water partition coefficient (Wildman–Crippen LogP) is 2.83. The van der Waals surface area contributed by atoms with Crippen LogP contribution >= 0.6 is 0 Å². The minimum atomic E-state index is -0.900. The summed E-state index contributed by atoms with van der Waals surface area (Å²) >= 11 is 0. The lowest BCUT2D eigenvalue weighted by Gasteiger charge is -2.25. The third-order valence-electron chi connectivity index (χ3n) is 3.92. The van der Waals surface area contributed by atoms with Gasteiger partial charge in [0.2, 0.25) is 5.91 Å². The molecule has 112 valence electrons. The average Bonchev–Trinajstić information content (AvgIpc) is 2.96. The van der Waals surface area contributed by atoms with Crippen LogP contribution < -0.4 is 5.32 Å². The molecule has 1 aromatic carbocycles. The van der Waals surface area contributed by atoms with Crippen molar-refractivity contribution < 1.29 is 9.59 Å². The van der Waals surface area contributed by atoms with Crippen LogP contribution in [0, 0.1) is 5.41 Å². The zero-order valence-electron chi connectivity index (χ0n) is 12.6. The Morgan fingerprint density at radius 2 is 1.76 bits per heavy atom. The standard InChI is InChI=1S/C17H22N2O2/c1-19(2)13-10-15(20)17(11-6-7-12-17)16(21)18-14-8-4-3-5-9-14/h3-5,8-10,13H,6-7,11-12H2,1-2H3,(H,18,21)/b13-10+. The van der Waals surface area contributed by atoms with Crippen molar-refractivity contribution in [1.82, 2.24) is 4.90 Å². The number of rotatable bonds is 5. The van der Waals surface area contributed by atoms with Crippen molar-refractivity contribution in [3.63, 3.8) is 0 Å². The van der Waals surface area contributed by atoms with Crippen LogP contribution in [0.25, 0.3) is 0 Å². The second-order valence-corrected chi connectivity index (χ2v) is 5.75. The van der Waals surface area contributed by atoms with Crippen molar-refractivity contribution >= 4 is 17.4 Å². The van der Waals surface area contributed by atoms with Gasteiger partial charge in [-0.25, -0.2) is 0 Å². The monoisotopic (exact) mass is 286 g/mol. The van der Waals surface area contributed by atoms with Gasteiger partial charge in [0.1, 0.15) is 5.41 Å².